The molecule has 0 fully saturated rings. The van der Waals surface area contributed by atoms with Crippen molar-refractivity contribution in [1.82, 2.24) is 0 Å². The van der Waals surface area contributed by atoms with Gasteiger partial charge in [-0.1, -0.05) is 6.08 Å². The molecule has 1 nitrogen and oxygen atoms in total. The lowest BCUT2D eigenvalue weighted by Gasteiger charge is -2.19. The van der Waals surface area contributed by atoms with E-state index in [-0.39, 0.29) is 6.42 Å². The zero-order chi connectivity index (χ0) is 10.9. The van der Waals surface area contributed by atoms with Crippen LogP contribution in [0.4, 0.5) is 22.0 Å². The second-order valence-corrected chi connectivity index (χ2v) is 2.89. The molecule has 0 aromatic heterocycles. The van der Waals surface area contributed by atoms with E-state index in [4.69, 9.17) is 5.11 Å². The summed E-state index contributed by atoms with van der Waals surface area (Å²) in [5.74, 6) is -4.63. The van der Waals surface area contributed by atoms with Crippen molar-refractivity contribution in [2.45, 2.75) is 12.6 Å². The summed E-state index contributed by atoms with van der Waals surface area (Å²) in [6, 6.07) is 0. The van der Waals surface area contributed by atoms with E-state index in [0.29, 0.717) is 6.08 Å². The molecule has 1 atom stereocenters. The van der Waals surface area contributed by atoms with Crippen LogP contribution in [0.3, 0.4) is 0 Å². The number of hydrogen-bond donors (Lipinski definition) is 1. The molecule has 0 saturated heterocycles. The first-order valence-corrected chi connectivity index (χ1v) is 3.81. The fourth-order valence-electron chi connectivity index (χ4n) is 1.16. The van der Waals surface area contributed by atoms with Crippen molar-refractivity contribution in [3.05, 3.63) is 23.3 Å². The van der Waals surface area contributed by atoms with Crippen LogP contribution in [-0.2, 0) is 0 Å². The molecule has 0 saturated carbocycles. The maximum atomic E-state index is 12.8. The SMILES string of the molecule is OC[C@H]1CC=C(C(F)(F)F)C(F)=C1F. The highest BCUT2D eigenvalue weighted by Crippen LogP contribution is 2.40. The van der Waals surface area contributed by atoms with Gasteiger partial charge in [0.1, 0.15) is 5.83 Å². The summed E-state index contributed by atoms with van der Waals surface area (Å²) in [5.41, 5.74) is -1.60. The molecular weight excluding hydrogens is 207 g/mol. The van der Waals surface area contributed by atoms with Crippen LogP contribution in [0.2, 0.25) is 0 Å². The first-order valence-electron chi connectivity index (χ1n) is 3.81. The highest BCUT2D eigenvalue weighted by molar-refractivity contribution is 5.36. The maximum absolute atomic E-state index is 12.8. The number of aliphatic hydroxyl groups excluding tert-OH is 1. The van der Waals surface area contributed by atoms with E-state index in [1.165, 1.54) is 0 Å². The highest BCUT2D eigenvalue weighted by Gasteiger charge is 2.41. The lowest BCUT2D eigenvalue weighted by molar-refractivity contribution is -0.0923. The summed E-state index contributed by atoms with van der Waals surface area (Å²) in [7, 11) is 0. The Morgan fingerprint density at radius 1 is 1.36 bits per heavy atom. The van der Waals surface area contributed by atoms with E-state index in [0.717, 1.165) is 0 Å². The van der Waals surface area contributed by atoms with Crippen LogP contribution in [0.15, 0.2) is 23.3 Å². The van der Waals surface area contributed by atoms with Gasteiger partial charge in [-0.25, -0.2) is 8.78 Å². The second-order valence-electron chi connectivity index (χ2n) is 2.89. The molecule has 0 bridgehead atoms. The number of alkyl halides is 3. The van der Waals surface area contributed by atoms with Crippen molar-refractivity contribution in [1.29, 1.82) is 0 Å². The average Bonchev–Trinajstić information content (AvgIpc) is 2.07. The van der Waals surface area contributed by atoms with Gasteiger partial charge < -0.3 is 5.11 Å². The van der Waals surface area contributed by atoms with Crippen LogP contribution >= 0.6 is 0 Å². The molecule has 1 rings (SSSR count). The molecule has 1 N–H and O–H groups in total. The smallest absolute Gasteiger partial charge is 0.396 e. The van der Waals surface area contributed by atoms with Crippen molar-refractivity contribution in [2.24, 2.45) is 5.92 Å². The minimum atomic E-state index is -4.89. The Morgan fingerprint density at radius 2 is 1.93 bits per heavy atom. The third-order valence-electron chi connectivity index (χ3n) is 1.94. The van der Waals surface area contributed by atoms with Crippen molar-refractivity contribution in [2.75, 3.05) is 6.61 Å². The van der Waals surface area contributed by atoms with Gasteiger partial charge in [0.15, 0.2) is 5.83 Å². The second kappa shape index (κ2) is 3.68. The summed E-state index contributed by atoms with van der Waals surface area (Å²) in [6.07, 6.45) is -4.67. The van der Waals surface area contributed by atoms with Gasteiger partial charge in [0.25, 0.3) is 0 Å². The lowest BCUT2D eigenvalue weighted by atomic mass is 9.95. The molecule has 0 unspecified atom stereocenters. The van der Waals surface area contributed by atoms with E-state index in [9.17, 15) is 22.0 Å². The van der Waals surface area contributed by atoms with Crippen LogP contribution in [-0.4, -0.2) is 17.9 Å². The maximum Gasteiger partial charge on any atom is 0.419 e. The Bertz CT molecular complexity index is 289. The largest absolute Gasteiger partial charge is 0.419 e. The van der Waals surface area contributed by atoms with Crippen LogP contribution in [0.5, 0.6) is 0 Å². The topological polar surface area (TPSA) is 20.2 Å². The van der Waals surface area contributed by atoms with Crippen LogP contribution < -0.4 is 0 Å². The molecule has 0 heterocycles. The van der Waals surface area contributed by atoms with Crippen molar-refractivity contribution < 1.29 is 27.1 Å². The van der Waals surface area contributed by atoms with Gasteiger partial charge in [0.05, 0.1) is 12.2 Å². The van der Waals surface area contributed by atoms with Gasteiger partial charge >= 0.3 is 6.18 Å². The summed E-state index contributed by atoms with van der Waals surface area (Å²) in [5, 5.41) is 8.52. The highest BCUT2D eigenvalue weighted by atomic mass is 19.4. The standard InChI is InChI=1S/C8H7F5O/c9-6-4(3-14)1-2-5(7(6)10)8(11,12)13/h2,4,14H,1,3H2/t4-/m1/s1. The van der Waals surface area contributed by atoms with Crippen LogP contribution in [0.25, 0.3) is 0 Å². The van der Waals surface area contributed by atoms with E-state index < -0.39 is 35.9 Å². The van der Waals surface area contributed by atoms with Crippen LogP contribution in [0.1, 0.15) is 6.42 Å². The summed E-state index contributed by atoms with van der Waals surface area (Å²) in [6.45, 7) is -0.707. The van der Waals surface area contributed by atoms with Crippen LogP contribution in [0, 0.1) is 5.92 Å². The molecular formula is C8H7F5O. The molecule has 0 radical (unpaired) electrons. The van der Waals surface area contributed by atoms with Gasteiger partial charge in [-0.2, -0.15) is 13.2 Å². The Labute approximate surface area is 76.5 Å². The molecule has 0 aliphatic heterocycles. The third kappa shape index (κ3) is 1.95. The van der Waals surface area contributed by atoms with Gasteiger partial charge in [-0.3, -0.25) is 0 Å². The molecule has 6 heteroatoms. The summed E-state index contributed by atoms with van der Waals surface area (Å²) < 4.78 is 61.7. The Hall–Kier alpha value is -0.910. The van der Waals surface area contributed by atoms with E-state index in [1.807, 2.05) is 0 Å². The lowest BCUT2D eigenvalue weighted by Crippen LogP contribution is -2.20. The molecule has 1 aliphatic rings. The molecule has 1 aliphatic carbocycles. The van der Waals surface area contributed by atoms with Crippen molar-refractivity contribution in [3.8, 4) is 0 Å². The quantitative estimate of drug-likeness (QED) is 0.665. The first kappa shape index (κ1) is 11.2. The van der Waals surface area contributed by atoms with Gasteiger partial charge in [-0.05, 0) is 6.42 Å². The van der Waals surface area contributed by atoms with E-state index >= 15 is 0 Å². The Kier molecular flexibility index (Phi) is 2.94. The zero-order valence-corrected chi connectivity index (χ0v) is 6.91. The van der Waals surface area contributed by atoms with Gasteiger partial charge in [0.2, 0.25) is 0 Å². The molecule has 0 aromatic rings. The molecule has 80 valence electrons. The number of aliphatic hydroxyl groups is 1. The zero-order valence-electron chi connectivity index (χ0n) is 6.91. The Balaban J connectivity index is 3.01. The number of hydrogen-bond acceptors (Lipinski definition) is 1. The third-order valence-corrected chi connectivity index (χ3v) is 1.94. The van der Waals surface area contributed by atoms with Crippen molar-refractivity contribution in [3.63, 3.8) is 0 Å². The summed E-state index contributed by atoms with van der Waals surface area (Å²) >= 11 is 0. The van der Waals surface area contributed by atoms with E-state index in [2.05, 4.69) is 0 Å². The number of allylic oxidation sites excluding steroid dienone is 3. The summed E-state index contributed by atoms with van der Waals surface area (Å²) in [4.78, 5) is 0. The fourth-order valence-corrected chi connectivity index (χ4v) is 1.16. The number of rotatable bonds is 1. The van der Waals surface area contributed by atoms with Gasteiger partial charge in [-0.15, -0.1) is 0 Å². The predicted octanol–water partition coefficient (Wildman–Crippen LogP) is 2.64. The first-order chi connectivity index (χ1) is 6.38. The molecule has 0 amide bonds. The predicted molar refractivity (Wildman–Crippen MR) is 38.6 cm³/mol. The number of halogens is 5. The molecule has 0 aromatic carbocycles. The monoisotopic (exact) mass is 214 g/mol. The average molecular weight is 214 g/mol. The Morgan fingerprint density at radius 3 is 2.36 bits per heavy atom. The normalized spacial score (nSPS) is 23.9. The van der Waals surface area contributed by atoms with Crippen molar-refractivity contribution >= 4 is 0 Å². The minimum absolute atomic E-state index is 0.343. The molecule has 14 heavy (non-hydrogen) atoms. The molecule has 0 spiro atoms. The van der Waals surface area contributed by atoms with E-state index in [1.54, 1.807) is 0 Å². The van der Waals surface area contributed by atoms with Gasteiger partial charge in [0, 0.05) is 5.92 Å². The minimum Gasteiger partial charge on any atom is -0.396 e. The fraction of sp³-hybridized carbons (Fsp3) is 0.500.